The van der Waals surface area contributed by atoms with Gasteiger partial charge < -0.3 is 15.0 Å². The number of hydrogen-bond donors (Lipinski definition) is 2. The van der Waals surface area contributed by atoms with Gasteiger partial charge in [-0.3, -0.25) is 9.59 Å². The van der Waals surface area contributed by atoms with Crippen LogP contribution in [0, 0.1) is 13.8 Å². The van der Waals surface area contributed by atoms with E-state index in [4.69, 9.17) is 5.11 Å². The lowest BCUT2D eigenvalue weighted by atomic mass is 9.98. The van der Waals surface area contributed by atoms with Crippen molar-refractivity contribution in [3.8, 4) is 0 Å². The van der Waals surface area contributed by atoms with E-state index in [1.807, 2.05) is 37.3 Å². The number of aromatic nitrogens is 1. The molecule has 1 heterocycles. The van der Waals surface area contributed by atoms with Crippen molar-refractivity contribution in [3.63, 3.8) is 0 Å². The fraction of sp³-hybridized carbons (Fsp3) is 0.312. The van der Waals surface area contributed by atoms with Crippen LogP contribution in [0.15, 0.2) is 66.7 Å². The van der Waals surface area contributed by atoms with E-state index in [-0.39, 0.29) is 18.4 Å². The van der Waals surface area contributed by atoms with Crippen LogP contribution in [-0.2, 0) is 17.8 Å². The largest absolute Gasteiger partial charge is 0.481 e. The highest BCUT2D eigenvalue weighted by atomic mass is 16.4. The molecule has 0 radical (unpaired) electrons. The topological polar surface area (TPSA) is 71.3 Å². The number of amides is 1. The maximum Gasteiger partial charge on any atom is 0.303 e. The maximum atomic E-state index is 13.2. The van der Waals surface area contributed by atoms with Gasteiger partial charge >= 0.3 is 5.97 Å². The third-order valence-corrected chi connectivity index (χ3v) is 7.32. The number of nitrogens with one attached hydrogen (secondary N) is 1. The first kappa shape index (κ1) is 26.2. The van der Waals surface area contributed by atoms with E-state index < -0.39 is 5.97 Å². The Bertz CT molecular complexity index is 1430. The Morgan fingerprint density at radius 3 is 2.24 bits per heavy atom. The standard InChI is InChI=1S/C32H36N2O3/c1-20(2)26-7-6-8-27(17-26)22(4)33-32(37)28-14-15-30-29(18-28)21(3)23(5)34(30)19-25-11-9-24(10-12-25)13-16-31(35)36/h6-12,14-15,17-18,20,22H,13,16,19H2,1-5H3,(H,33,37)(H,35,36)/t22-/m0/s1. The number of benzene rings is 3. The molecular weight excluding hydrogens is 460 g/mol. The van der Waals surface area contributed by atoms with Gasteiger partial charge in [0, 0.05) is 35.1 Å². The highest BCUT2D eigenvalue weighted by Crippen LogP contribution is 2.28. The average Bonchev–Trinajstić information content (AvgIpc) is 3.12. The number of aryl methyl sites for hydroxylation is 2. The number of rotatable bonds is 9. The first-order chi connectivity index (χ1) is 17.6. The molecule has 0 bridgehead atoms. The van der Waals surface area contributed by atoms with Gasteiger partial charge in [0.25, 0.3) is 5.91 Å². The van der Waals surface area contributed by atoms with Crippen molar-refractivity contribution in [1.82, 2.24) is 9.88 Å². The van der Waals surface area contributed by atoms with Crippen molar-refractivity contribution < 1.29 is 14.7 Å². The predicted octanol–water partition coefficient (Wildman–Crippen LogP) is 6.94. The molecule has 0 aliphatic carbocycles. The van der Waals surface area contributed by atoms with Crippen LogP contribution in [0.1, 0.15) is 83.0 Å². The highest BCUT2D eigenvalue weighted by Gasteiger charge is 2.16. The summed E-state index contributed by atoms with van der Waals surface area (Å²) in [4.78, 5) is 24.0. The molecule has 0 unspecified atom stereocenters. The van der Waals surface area contributed by atoms with Gasteiger partial charge in [0.05, 0.1) is 6.04 Å². The summed E-state index contributed by atoms with van der Waals surface area (Å²) in [7, 11) is 0. The molecule has 4 aromatic rings. The van der Waals surface area contributed by atoms with Crippen LogP contribution in [0.25, 0.3) is 10.9 Å². The minimum Gasteiger partial charge on any atom is -0.481 e. The molecule has 0 aliphatic heterocycles. The molecule has 1 amide bonds. The summed E-state index contributed by atoms with van der Waals surface area (Å²) < 4.78 is 2.28. The minimum atomic E-state index is -0.781. The van der Waals surface area contributed by atoms with Crippen LogP contribution >= 0.6 is 0 Å². The zero-order valence-corrected chi connectivity index (χ0v) is 22.3. The second kappa shape index (κ2) is 11.0. The molecule has 5 nitrogen and oxygen atoms in total. The van der Waals surface area contributed by atoms with Gasteiger partial charge in [-0.05, 0) is 79.1 Å². The number of nitrogens with zero attached hydrogens (tertiary/aromatic N) is 1. The third kappa shape index (κ3) is 5.93. The highest BCUT2D eigenvalue weighted by molar-refractivity contribution is 5.99. The predicted molar refractivity (Wildman–Crippen MR) is 149 cm³/mol. The molecule has 2 N–H and O–H groups in total. The monoisotopic (exact) mass is 496 g/mol. The maximum absolute atomic E-state index is 13.2. The van der Waals surface area contributed by atoms with Crippen LogP contribution < -0.4 is 5.32 Å². The van der Waals surface area contributed by atoms with Crippen molar-refractivity contribution in [2.24, 2.45) is 0 Å². The van der Waals surface area contributed by atoms with Gasteiger partial charge in [0.15, 0.2) is 0 Å². The van der Waals surface area contributed by atoms with E-state index in [2.05, 4.69) is 74.0 Å². The normalized spacial score (nSPS) is 12.2. The zero-order valence-electron chi connectivity index (χ0n) is 22.3. The van der Waals surface area contributed by atoms with Crippen LogP contribution in [0.5, 0.6) is 0 Å². The van der Waals surface area contributed by atoms with Gasteiger partial charge in [-0.1, -0.05) is 62.4 Å². The second-order valence-corrected chi connectivity index (χ2v) is 10.3. The van der Waals surface area contributed by atoms with Gasteiger partial charge in [-0.25, -0.2) is 0 Å². The second-order valence-electron chi connectivity index (χ2n) is 10.3. The number of aliphatic carboxylic acids is 1. The molecule has 37 heavy (non-hydrogen) atoms. The van der Waals surface area contributed by atoms with Gasteiger partial charge in [0.2, 0.25) is 0 Å². The minimum absolute atomic E-state index is 0.0777. The first-order valence-corrected chi connectivity index (χ1v) is 12.9. The number of carboxylic acids is 1. The van der Waals surface area contributed by atoms with Crippen LogP contribution in [0.2, 0.25) is 0 Å². The number of fused-ring (bicyclic) bond motifs is 1. The zero-order chi connectivity index (χ0) is 26.7. The first-order valence-electron chi connectivity index (χ1n) is 12.9. The summed E-state index contributed by atoms with van der Waals surface area (Å²) in [6.45, 7) is 11.3. The summed E-state index contributed by atoms with van der Waals surface area (Å²) in [5, 5.41) is 13.2. The van der Waals surface area contributed by atoms with Crippen LogP contribution in [-0.4, -0.2) is 21.6 Å². The smallest absolute Gasteiger partial charge is 0.303 e. The lowest BCUT2D eigenvalue weighted by Gasteiger charge is -2.16. The summed E-state index contributed by atoms with van der Waals surface area (Å²) in [5.74, 6) is -0.418. The number of carbonyl (C=O) groups is 2. The van der Waals surface area contributed by atoms with Crippen molar-refractivity contribution in [2.45, 2.75) is 66.0 Å². The third-order valence-electron chi connectivity index (χ3n) is 7.32. The summed E-state index contributed by atoms with van der Waals surface area (Å²) in [6, 6.07) is 22.4. The van der Waals surface area contributed by atoms with Crippen molar-refractivity contribution >= 4 is 22.8 Å². The quantitative estimate of drug-likeness (QED) is 0.264. The molecule has 0 saturated heterocycles. The van der Waals surface area contributed by atoms with Crippen LogP contribution in [0.4, 0.5) is 0 Å². The fourth-order valence-electron chi connectivity index (χ4n) is 4.79. The molecule has 0 aliphatic rings. The van der Waals surface area contributed by atoms with E-state index in [0.717, 1.165) is 27.6 Å². The number of carbonyl (C=O) groups excluding carboxylic acids is 1. The van der Waals surface area contributed by atoms with E-state index in [0.29, 0.717) is 24.4 Å². The Labute approximate surface area is 219 Å². The van der Waals surface area contributed by atoms with Crippen LogP contribution in [0.3, 0.4) is 0 Å². The van der Waals surface area contributed by atoms with E-state index >= 15 is 0 Å². The number of carboxylic acid groups (broad SMARTS) is 1. The Morgan fingerprint density at radius 1 is 0.892 bits per heavy atom. The molecule has 5 heteroatoms. The molecule has 1 aromatic heterocycles. The van der Waals surface area contributed by atoms with Gasteiger partial charge in [-0.15, -0.1) is 0 Å². The summed E-state index contributed by atoms with van der Waals surface area (Å²) >= 11 is 0. The molecule has 0 fully saturated rings. The molecule has 1 atom stereocenters. The average molecular weight is 497 g/mol. The van der Waals surface area contributed by atoms with Crippen molar-refractivity contribution in [1.29, 1.82) is 0 Å². The Hall–Kier alpha value is -3.86. The molecule has 4 rings (SSSR count). The fourth-order valence-corrected chi connectivity index (χ4v) is 4.79. The molecule has 192 valence electrons. The van der Waals surface area contributed by atoms with Crippen molar-refractivity contribution in [2.75, 3.05) is 0 Å². The Morgan fingerprint density at radius 2 is 1.57 bits per heavy atom. The van der Waals surface area contributed by atoms with Gasteiger partial charge in [0.1, 0.15) is 0 Å². The van der Waals surface area contributed by atoms with E-state index in [9.17, 15) is 9.59 Å². The SMILES string of the molecule is Cc1c(C)n(Cc2ccc(CCC(=O)O)cc2)c2ccc(C(=O)N[C@@H](C)c3cccc(C(C)C)c3)cc12. The molecule has 3 aromatic carbocycles. The lowest BCUT2D eigenvalue weighted by molar-refractivity contribution is -0.136. The number of hydrogen-bond acceptors (Lipinski definition) is 2. The molecular formula is C32H36N2O3. The van der Waals surface area contributed by atoms with Gasteiger partial charge in [-0.2, -0.15) is 0 Å². The van der Waals surface area contributed by atoms with E-state index in [1.165, 1.54) is 16.8 Å². The Kier molecular flexibility index (Phi) is 7.82. The Balaban J connectivity index is 1.53. The lowest BCUT2D eigenvalue weighted by Crippen LogP contribution is -2.26. The molecule has 0 saturated carbocycles. The molecule has 0 spiro atoms. The summed E-state index contributed by atoms with van der Waals surface area (Å²) in [5.41, 5.74) is 8.63. The summed E-state index contributed by atoms with van der Waals surface area (Å²) in [6.07, 6.45) is 0.672. The van der Waals surface area contributed by atoms with E-state index in [1.54, 1.807) is 0 Å². The van der Waals surface area contributed by atoms with Crippen molar-refractivity contribution in [3.05, 3.63) is 106 Å².